The van der Waals surface area contributed by atoms with Crippen LogP contribution in [0.2, 0.25) is 0 Å². The molecule has 3 heterocycles. The summed E-state index contributed by atoms with van der Waals surface area (Å²) in [5.41, 5.74) is 1.46. The molecule has 5 fully saturated rings. The smallest absolute Gasteiger partial charge is 0.310 e. The van der Waals surface area contributed by atoms with Crippen LogP contribution in [0.1, 0.15) is 51.0 Å². The number of nitrogens with zero attached hydrogens (tertiary/aromatic N) is 2. The van der Waals surface area contributed by atoms with Crippen LogP contribution in [0.4, 0.5) is 0 Å². The summed E-state index contributed by atoms with van der Waals surface area (Å²) in [6.45, 7) is 10.4. The fourth-order valence-electron chi connectivity index (χ4n) is 8.26. The van der Waals surface area contributed by atoms with E-state index in [0.717, 1.165) is 95.4 Å². The molecule has 0 bridgehead atoms. The molecule has 2 saturated carbocycles. The highest BCUT2D eigenvalue weighted by atomic mass is 16.6. The van der Waals surface area contributed by atoms with Gasteiger partial charge in [-0.1, -0.05) is 13.0 Å². The summed E-state index contributed by atoms with van der Waals surface area (Å²) >= 11 is 0. The molecule has 0 amide bonds. The average Bonchev–Trinajstić information content (AvgIpc) is 3.64. The second kappa shape index (κ2) is 11.2. The van der Waals surface area contributed by atoms with Crippen molar-refractivity contribution in [3.8, 4) is 11.5 Å². The molecular weight excluding hydrogens is 496 g/mol. The van der Waals surface area contributed by atoms with Crippen LogP contribution in [0.3, 0.4) is 0 Å². The van der Waals surface area contributed by atoms with E-state index in [0.29, 0.717) is 5.92 Å². The molecule has 6 atom stereocenters. The summed E-state index contributed by atoms with van der Waals surface area (Å²) in [6, 6.07) is 6.14. The number of carbonyl (C=O) groups is 1. The molecule has 6 rings (SSSR count). The molecule has 2 aliphatic carbocycles. The van der Waals surface area contributed by atoms with Crippen LogP contribution in [0.25, 0.3) is 0 Å². The van der Waals surface area contributed by atoms with Crippen LogP contribution in [0.15, 0.2) is 18.2 Å². The Morgan fingerprint density at radius 2 is 1.92 bits per heavy atom. The van der Waals surface area contributed by atoms with E-state index >= 15 is 0 Å². The van der Waals surface area contributed by atoms with Gasteiger partial charge in [0.05, 0.1) is 45.6 Å². The van der Waals surface area contributed by atoms with Gasteiger partial charge in [0.15, 0.2) is 11.5 Å². The van der Waals surface area contributed by atoms with Gasteiger partial charge < -0.3 is 23.7 Å². The summed E-state index contributed by atoms with van der Waals surface area (Å²) < 4.78 is 28.8. The first-order chi connectivity index (χ1) is 18.9. The van der Waals surface area contributed by atoms with Gasteiger partial charge in [0.2, 0.25) is 0 Å². The molecule has 0 radical (unpaired) electrons. The number of hydrogen-bond donors (Lipinski definition) is 0. The predicted octanol–water partition coefficient (Wildman–Crippen LogP) is 3.76. The summed E-state index contributed by atoms with van der Waals surface area (Å²) in [5, 5.41) is 0. The molecule has 1 spiro atoms. The number of rotatable bonds is 10. The van der Waals surface area contributed by atoms with Crippen molar-refractivity contribution in [2.75, 3.05) is 66.8 Å². The van der Waals surface area contributed by atoms with E-state index < -0.39 is 0 Å². The van der Waals surface area contributed by atoms with E-state index in [1.165, 1.54) is 19.3 Å². The van der Waals surface area contributed by atoms with Crippen molar-refractivity contribution in [2.45, 2.75) is 63.7 Å². The molecule has 0 unspecified atom stereocenters. The maximum absolute atomic E-state index is 13.4. The molecule has 5 aliphatic rings. The van der Waals surface area contributed by atoms with Gasteiger partial charge in [0.25, 0.3) is 0 Å². The summed E-state index contributed by atoms with van der Waals surface area (Å²) in [6.07, 6.45) is 6.77. The van der Waals surface area contributed by atoms with E-state index in [1.807, 2.05) is 6.07 Å². The van der Waals surface area contributed by atoms with Crippen LogP contribution in [0, 0.1) is 23.2 Å². The minimum Gasteiger partial charge on any atom is -0.493 e. The quantitative estimate of drug-likeness (QED) is 0.327. The molecule has 0 aromatic heterocycles. The van der Waals surface area contributed by atoms with Crippen molar-refractivity contribution < 1.29 is 28.5 Å². The first kappa shape index (κ1) is 27.3. The number of morpholine rings is 1. The number of hydrogen-bond acceptors (Lipinski definition) is 8. The molecule has 1 aromatic rings. The maximum atomic E-state index is 13.4. The molecule has 216 valence electrons. The van der Waals surface area contributed by atoms with E-state index in [4.69, 9.17) is 23.7 Å². The van der Waals surface area contributed by atoms with Gasteiger partial charge >= 0.3 is 5.97 Å². The SMILES string of the molecule is COc1ccc(CN(CCCN2CCOCC2)C[C@H]2C(=O)O[C@@H]3C[C@@]4(C)CCC[C@@]5(CO5)[C@@H]4C[C@H]32)cc1OC. The Bertz CT molecular complexity index is 1020. The minimum atomic E-state index is -0.0826. The Morgan fingerprint density at radius 3 is 2.67 bits per heavy atom. The molecular formula is C31H46N2O6. The first-order valence-corrected chi connectivity index (χ1v) is 15.0. The third kappa shape index (κ3) is 5.54. The van der Waals surface area contributed by atoms with Gasteiger partial charge in [-0.3, -0.25) is 14.6 Å². The van der Waals surface area contributed by atoms with Crippen molar-refractivity contribution in [3.05, 3.63) is 23.8 Å². The highest BCUT2D eigenvalue weighted by molar-refractivity contribution is 5.75. The van der Waals surface area contributed by atoms with Crippen molar-refractivity contribution in [1.82, 2.24) is 9.80 Å². The van der Waals surface area contributed by atoms with Crippen LogP contribution in [0.5, 0.6) is 11.5 Å². The zero-order valence-electron chi connectivity index (χ0n) is 24.0. The third-order valence-electron chi connectivity index (χ3n) is 10.4. The number of carbonyl (C=O) groups excluding carboxylic acids is 1. The van der Waals surface area contributed by atoms with E-state index in [2.05, 4.69) is 28.9 Å². The number of epoxide rings is 1. The lowest BCUT2D eigenvalue weighted by atomic mass is 9.53. The molecule has 3 saturated heterocycles. The van der Waals surface area contributed by atoms with Gasteiger partial charge in [-0.05, 0) is 80.6 Å². The second-order valence-corrected chi connectivity index (χ2v) is 12.8. The average molecular weight is 543 g/mol. The van der Waals surface area contributed by atoms with Crippen molar-refractivity contribution in [3.63, 3.8) is 0 Å². The lowest BCUT2D eigenvalue weighted by Crippen LogP contribution is -2.51. The summed E-state index contributed by atoms with van der Waals surface area (Å²) in [5.74, 6) is 2.21. The van der Waals surface area contributed by atoms with Gasteiger partial charge in [0, 0.05) is 32.1 Å². The molecule has 3 aliphatic heterocycles. The predicted molar refractivity (Wildman–Crippen MR) is 147 cm³/mol. The molecule has 0 N–H and O–H groups in total. The standard InChI is InChI=1S/C31H46N2O6/c1-30-8-4-9-31(21-38-31)28(30)17-23-24(29(34)39-27(23)18-30)20-33(11-5-10-32-12-14-37-15-13-32)19-22-6-7-25(35-2)26(16-22)36-3/h6-7,16,23-24,27-28H,4-5,8-15,17-21H2,1-3H3/t23-,24+,27+,28+,30+,31+/m0/s1. The van der Waals surface area contributed by atoms with Gasteiger partial charge in [-0.25, -0.2) is 0 Å². The zero-order valence-corrected chi connectivity index (χ0v) is 24.0. The largest absolute Gasteiger partial charge is 0.493 e. The third-order valence-corrected chi connectivity index (χ3v) is 10.4. The minimum absolute atomic E-state index is 0.00324. The fourth-order valence-corrected chi connectivity index (χ4v) is 8.26. The zero-order chi connectivity index (χ0) is 27.0. The molecule has 8 nitrogen and oxygen atoms in total. The van der Waals surface area contributed by atoms with Crippen LogP contribution < -0.4 is 9.47 Å². The molecule has 39 heavy (non-hydrogen) atoms. The summed E-state index contributed by atoms with van der Waals surface area (Å²) in [7, 11) is 3.34. The van der Waals surface area contributed by atoms with Crippen molar-refractivity contribution in [2.24, 2.45) is 23.2 Å². The Hall–Kier alpha value is -1.87. The van der Waals surface area contributed by atoms with E-state index in [-0.39, 0.29) is 34.9 Å². The van der Waals surface area contributed by atoms with Crippen LogP contribution in [-0.2, 0) is 25.5 Å². The number of ether oxygens (including phenoxy) is 5. The Labute approximate surface area is 233 Å². The molecule has 8 heteroatoms. The number of methoxy groups -OCH3 is 2. The fraction of sp³-hybridized carbons (Fsp3) is 0.774. The first-order valence-electron chi connectivity index (χ1n) is 15.0. The second-order valence-electron chi connectivity index (χ2n) is 12.8. The highest BCUT2D eigenvalue weighted by Gasteiger charge is 2.65. The lowest BCUT2D eigenvalue weighted by Gasteiger charge is -2.51. The number of esters is 1. The molecule has 1 aromatic carbocycles. The number of fused-ring (bicyclic) bond motifs is 3. The van der Waals surface area contributed by atoms with Crippen molar-refractivity contribution >= 4 is 5.97 Å². The highest BCUT2D eigenvalue weighted by Crippen LogP contribution is 2.62. The lowest BCUT2D eigenvalue weighted by molar-refractivity contribution is -0.147. The maximum Gasteiger partial charge on any atom is 0.310 e. The Balaban J connectivity index is 1.17. The Morgan fingerprint density at radius 1 is 1.13 bits per heavy atom. The van der Waals surface area contributed by atoms with Crippen LogP contribution >= 0.6 is 0 Å². The van der Waals surface area contributed by atoms with Crippen molar-refractivity contribution in [1.29, 1.82) is 0 Å². The summed E-state index contributed by atoms with van der Waals surface area (Å²) in [4.78, 5) is 18.3. The van der Waals surface area contributed by atoms with Crippen LogP contribution in [-0.4, -0.2) is 94.2 Å². The number of benzene rings is 1. The topological polar surface area (TPSA) is 73.0 Å². The monoisotopic (exact) mass is 542 g/mol. The Kier molecular flexibility index (Phi) is 7.83. The van der Waals surface area contributed by atoms with E-state index in [9.17, 15) is 4.79 Å². The van der Waals surface area contributed by atoms with Gasteiger partial charge in [-0.2, -0.15) is 0 Å². The van der Waals surface area contributed by atoms with Gasteiger partial charge in [-0.15, -0.1) is 0 Å². The van der Waals surface area contributed by atoms with E-state index in [1.54, 1.807) is 14.2 Å². The van der Waals surface area contributed by atoms with Gasteiger partial charge in [0.1, 0.15) is 6.10 Å². The normalized spacial score (nSPS) is 35.9.